The first-order valence-corrected chi connectivity index (χ1v) is 7.61. The summed E-state index contributed by atoms with van der Waals surface area (Å²) < 4.78 is 2.17. The molecular weight excluding hydrogens is 222 g/mol. The number of aryl methyl sites for hydroxylation is 1. The normalized spacial score (nSPS) is 31.3. The smallest absolute Gasteiger partial charge is 0.0556 e. The van der Waals surface area contributed by atoms with Crippen LogP contribution in [0.4, 0.5) is 0 Å². The van der Waals surface area contributed by atoms with E-state index in [1.54, 1.807) is 0 Å². The van der Waals surface area contributed by atoms with Gasteiger partial charge in [-0.15, -0.1) is 0 Å². The van der Waals surface area contributed by atoms with E-state index in [2.05, 4.69) is 35.0 Å². The molecule has 0 radical (unpaired) electrons. The molecule has 0 aliphatic heterocycles. The van der Waals surface area contributed by atoms with E-state index in [1.165, 1.54) is 31.4 Å². The molecule has 2 fully saturated rings. The van der Waals surface area contributed by atoms with Crippen molar-refractivity contribution in [2.24, 2.45) is 17.8 Å². The molecule has 3 atom stereocenters. The fourth-order valence-corrected chi connectivity index (χ4v) is 3.98. The number of rotatable bonds is 6. The number of hydrogen-bond acceptors (Lipinski definition) is 2. The SMILES string of the molecule is CCCNC(c1ccnn1CC)C1C2CCCC21. The molecule has 1 aromatic heterocycles. The van der Waals surface area contributed by atoms with E-state index < -0.39 is 0 Å². The van der Waals surface area contributed by atoms with Gasteiger partial charge in [0.25, 0.3) is 0 Å². The highest BCUT2D eigenvalue weighted by Crippen LogP contribution is 2.62. The topological polar surface area (TPSA) is 29.9 Å². The van der Waals surface area contributed by atoms with Gasteiger partial charge in [-0.1, -0.05) is 13.3 Å². The molecule has 0 spiro atoms. The fourth-order valence-electron chi connectivity index (χ4n) is 3.98. The molecule has 18 heavy (non-hydrogen) atoms. The second kappa shape index (κ2) is 5.04. The average Bonchev–Trinajstić information content (AvgIpc) is 2.81. The zero-order chi connectivity index (χ0) is 12.5. The van der Waals surface area contributed by atoms with E-state index in [0.717, 1.165) is 30.8 Å². The van der Waals surface area contributed by atoms with Crippen LogP contribution in [-0.2, 0) is 6.54 Å². The van der Waals surface area contributed by atoms with Gasteiger partial charge >= 0.3 is 0 Å². The summed E-state index contributed by atoms with van der Waals surface area (Å²) in [5, 5.41) is 8.22. The molecule has 2 saturated carbocycles. The molecule has 0 amide bonds. The molecule has 3 nitrogen and oxygen atoms in total. The van der Waals surface area contributed by atoms with Crippen molar-refractivity contribution >= 4 is 0 Å². The van der Waals surface area contributed by atoms with Crippen molar-refractivity contribution in [3.63, 3.8) is 0 Å². The fraction of sp³-hybridized carbons (Fsp3) is 0.800. The van der Waals surface area contributed by atoms with Gasteiger partial charge in [-0.3, -0.25) is 4.68 Å². The van der Waals surface area contributed by atoms with Crippen LogP contribution in [-0.4, -0.2) is 16.3 Å². The number of fused-ring (bicyclic) bond motifs is 1. The average molecular weight is 247 g/mol. The third-order valence-corrected chi connectivity index (χ3v) is 4.84. The Hall–Kier alpha value is -0.830. The van der Waals surface area contributed by atoms with Gasteiger partial charge < -0.3 is 5.32 Å². The molecule has 2 aliphatic carbocycles. The summed E-state index contributed by atoms with van der Waals surface area (Å²) in [6.07, 6.45) is 7.54. The van der Waals surface area contributed by atoms with Gasteiger partial charge in [-0.25, -0.2) is 0 Å². The lowest BCUT2D eigenvalue weighted by Crippen LogP contribution is -2.27. The summed E-state index contributed by atoms with van der Waals surface area (Å²) in [7, 11) is 0. The summed E-state index contributed by atoms with van der Waals surface area (Å²) in [6.45, 7) is 6.53. The Balaban J connectivity index is 1.77. The maximum atomic E-state index is 4.44. The molecule has 100 valence electrons. The predicted octanol–water partition coefficient (Wildman–Crippen LogP) is 2.99. The highest BCUT2D eigenvalue weighted by Gasteiger charge is 2.56. The molecule has 3 unspecified atom stereocenters. The highest BCUT2D eigenvalue weighted by atomic mass is 15.3. The molecule has 1 N–H and O–H groups in total. The standard InChI is InChI=1S/C15H25N3/c1-3-9-16-15(13-8-10-17-18(13)4-2)14-11-6-5-7-12(11)14/h8,10-12,14-16H,3-7,9H2,1-2H3. The van der Waals surface area contributed by atoms with Gasteiger partial charge in [0, 0.05) is 12.7 Å². The minimum absolute atomic E-state index is 0.544. The monoisotopic (exact) mass is 247 g/mol. The van der Waals surface area contributed by atoms with Crippen LogP contribution in [0.15, 0.2) is 12.3 Å². The maximum absolute atomic E-state index is 4.44. The van der Waals surface area contributed by atoms with E-state index in [-0.39, 0.29) is 0 Å². The molecular formula is C15H25N3. The van der Waals surface area contributed by atoms with Crippen molar-refractivity contribution in [3.05, 3.63) is 18.0 Å². The Morgan fingerprint density at radius 3 is 2.83 bits per heavy atom. The Morgan fingerprint density at radius 2 is 2.17 bits per heavy atom. The van der Waals surface area contributed by atoms with Gasteiger partial charge in [0.15, 0.2) is 0 Å². The molecule has 3 heteroatoms. The molecule has 2 aliphatic rings. The highest BCUT2D eigenvalue weighted by molar-refractivity contribution is 5.17. The van der Waals surface area contributed by atoms with Gasteiger partial charge in [0.05, 0.1) is 11.7 Å². The summed E-state index contributed by atoms with van der Waals surface area (Å²) in [5.41, 5.74) is 1.41. The van der Waals surface area contributed by atoms with E-state index in [9.17, 15) is 0 Å². The third kappa shape index (κ3) is 1.99. The first kappa shape index (κ1) is 12.2. The van der Waals surface area contributed by atoms with Crippen LogP contribution in [0.2, 0.25) is 0 Å². The number of hydrogen-bond donors (Lipinski definition) is 1. The van der Waals surface area contributed by atoms with E-state index >= 15 is 0 Å². The summed E-state index contributed by atoms with van der Waals surface area (Å²) in [4.78, 5) is 0. The summed E-state index contributed by atoms with van der Waals surface area (Å²) >= 11 is 0. The number of nitrogens with zero attached hydrogens (tertiary/aromatic N) is 2. The van der Waals surface area contributed by atoms with Crippen LogP contribution in [0.3, 0.4) is 0 Å². The van der Waals surface area contributed by atoms with Crippen molar-refractivity contribution in [1.82, 2.24) is 15.1 Å². The molecule has 1 heterocycles. The molecule has 0 aromatic carbocycles. The number of nitrogens with one attached hydrogen (secondary N) is 1. The Bertz CT molecular complexity index is 388. The quantitative estimate of drug-likeness (QED) is 0.837. The van der Waals surface area contributed by atoms with Gasteiger partial charge in [0.1, 0.15) is 0 Å². The largest absolute Gasteiger partial charge is 0.308 e. The minimum Gasteiger partial charge on any atom is -0.308 e. The Kier molecular flexibility index (Phi) is 3.42. The molecule has 3 rings (SSSR count). The Labute approximate surface area is 110 Å². The lowest BCUT2D eigenvalue weighted by molar-refractivity contribution is 0.391. The summed E-state index contributed by atoms with van der Waals surface area (Å²) in [6, 6.07) is 2.76. The minimum atomic E-state index is 0.544. The zero-order valence-corrected chi connectivity index (χ0v) is 11.6. The van der Waals surface area contributed by atoms with Crippen LogP contribution in [0.25, 0.3) is 0 Å². The second-order valence-corrected chi connectivity index (χ2v) is 5.84. The van der Waals surface area contributed by atoms with Gasteiger partial charge in [-0.2, -0.15) is 5.10 Å². The van der Waals surface area contributed by atoms with Crippen molar-refractivity contribution in [2.45, 2.75) is 52.1 Å². The van der Waals surface area contributed by atoms with E-state index in [0.29, 0.717) is 6.04 Å². The number of aromatic nitrogens is 2. The van der Waals surface area contributed by atoms with E-state index in [4.69, 9.17) is 0 Å². The van der Waals surface area contributed by atoms with Crippen molar-refractivity contribution in [1.29, 1.82) is 0 Å². The van der Waals surface area contributed by atoms with Crippen molar-refractivity contribution in [3.8, 4) is 0 Å². The molecule has 0 saturated heterocycles. The van der Waals surface area contributed by atoms with Crippen LogP contribution < -0.4 is 5.32 Å². The lowest BCUT2D eigenvalue weighted by Gasteiger charge is -2.21. The van der Waals surface area contributed by atoms with Crippen LogP contribution in [0.1, 0.15) is 51.3 Å². The lowest BCUT2D eigenvalue weighted by atomic mass is 10.0. The van der Waals surface area contributed by atoms with Gasteiger partial charge in [-0.05, 0) is 56.6 Å². The first-order chi connectivity index (χ1) is 8.86. The van der Waals surface area contributed by atoms with Crippen LogP contribution in [0.5, 0.6) is 0 Å². The van der Waals surface area contributed by atoms with Crippen molar-refractivity contribution in [2.75, 3.05) is 6.54 Å². The zero-order valence-electron chi connectivity index (χ0n) is 11.6. The predicted molar refractivity (Wildman–Crippen MR) is 73.3 cm³/mol. The van der Waals surface area contributed by atoms with Crippen molar-refractivity contribution < 1.29 is 0 Å². The van der Waals surface area contributed by atoms with Gasteiger partial charge in [0.2, 0.25) is 0 Å². The maximum Gasteiger partial charge on any atom is 0.0556 e. The summed E-state index contributed by atoms with van der Waals surface area (Å²) in [5.74, 6) is 2.88. The second-order valence-electron chi connectivity index (χ2n) is 5.84. The molecule has 1 aromatic rings. The third-order valence-electron chi connectivity index (χ3n) is 4.84. The first-order valence-electron chi connectivity index (χ1n) is 7.61. The molecule has 0 bridgehead atoms. The van der Waals surface area contributed by atoms with Crippen LogP contribution in [0, 0.1) is 17.8 Å². The Morgan fingerprint density at radius 1 is 1.39 bits per heavy atom. The van der Waals surface area contributed by atoms with Crippen LogP contribution >= 0.6 is 0 Å². The van der Waals surface area contributed by atoms with E-state index in [1.807, 2.05) is 6.20 Å².